The third-order valence-corrected chi connectivity index (χ3v) is 2.70. The highest BCUT2D eigenvalue weighted by Crippen LogP contribution is 2.25. The molecule has 17 heavy (non-hydrogen) atoms. The van der Waals surface area contributed by atoms with Crippen molar-refractivity contribution in [3.8, 4) is 5.75 Å². The van der Waals surface area contributed by atoms with Gasteiger partial charge in [0.1, 0.15) is 5.75 Å². The summed E-state index contributed by atoms with van der Waals surface area (Å²) in [4.78, 5) is 11.5. The zero-order valence-electron chi connectivity index (χ0n) is 10.1. The van der Waals surface area contributed by atoms with Crippen molar-refractivity contribution in [2.45, 2.75) is 32.3 Å². The molecular formula is C13H17ClO3. The number of carbonyl (C=O) groups excluding carboxylic acids is 1. The van der Waals surface area contributed by atoms with Gasteiger partial charge in [-0.3, -0.25) is 0 Å². The zero-order chi connectivity index (χ0) is 12.7. The van der Waals surface area contributed by atoms with Gasteiger partial charge in [0, 0.05) is 0 Å². The van der Waals surface area contributed by atoms with Crippen molar-refractivity contribution >= 4 is 17.6 Å². The first-order chi connectivity index (χ1) is 8.19. The lowest BCUT2D eigenvalue weighted by Crippen LogP contribution is -2.28. The van der Waals surface area contributed by atoms with Crippen molar-refractivity contribution in [1.29, 1.82) is 0 Å². The maximum Gasteiger partial charge on any atom is 0.347 e. The summed E-state index contributed by atoms with van der Waals surface area (Å²) in [5.41, 5.74) is 0. The molecule has 0 spiro atoms. The van der Waals surface area contributed by atoms with Crippen LogP contribution in [0.5, 0.6) is 5.75 Å². The molecule has 0 saturated heterocycles. The lowest BCUT2D eigenvalue weighted by Gasteiger charge is -2.17. The third-order valence-electron chi connectivity index (χ3n) is 2.39. The third kappa shape index (κ3) is 4.27. The summed E-state index contributed by atoms with van der Waals surface area (Å²) in [6, 6.07) is 7.10. The number of esters is 1. The molecule has 0 aliphatic rings. The molecule has 0 fully saturated rings. The monoisotopic (exact) mass is 256 g/mol. The van der Waals surface area contributed by atoms with E-state index in [0.717, 1.165) is 12.8 Å². The average molecular weight is 257 g/mol. The van der Waals surface area contributed by atoms with Crippen LogP contribution in [-0.2, 0) is 9.53 Å². The lowest BCUT2D eigenvalue weighted by atomic mass is 10.1. The van der Waals surface area contributed by atoms with Crippen LogP contribution in [0.1, 0.15) is 26.2 Å². The Hall–Kier alpha value is -1.22. The van der Waals surface area contributed by atoms with E-state index in [2.05, 4.69) is 6.92 Å². The fourth-order valence-electron chi connectivity index (χ4n) is 1.44. The van der Waals surface area contributed by atoms with Gasteiger partial charge in [0.25, 0.3) is 0 Å². The van der Waals surface area contributed by atoms with Gasteiger partial charge in [-0.2, -0.15) is 0 Å². The van der Waals surface area contributed by atoms with Gasteiger partial charge in [-0.05, 0) is 25.0 Å². The number of hydrogen-bond donors (Lipinski definition) is 0. The van der Waals surface area contributed by atoms with Gasteiger partial charge in [-0.15, -0.1) is 0 Å². The number of carbonyl (C=O) groups is 1. The van der Waals surface area contributed by atoms with Gasteiger partial charge in [-0.25, -0.2) is 4.79 Å². The van der Waals surface area contributed by atoms with Crippen molar-refractivity contribution in [1.82, 2.24) is 0 Å². The number of para-hydroxylation sites is 1. The molecule has 0 saturated carbocycles. The maximum absolute atomic E-state index is 11.5. The first kappa shape index (κ1) is 13.8. The highest BCUT2D eigenvalue weighted by atomic mass is 35.5. The SMILES string of the molecule is CCCCC(Oc1ccccc1Cl)C(=O)OC. The lowest BCUT2D eigenvalue weighted by molar-refractivity contribution is -0.149. The molecule has 3 nitrogen and oxygen atoms in total. The quantitative estimate of drug-likeness (QED) is 0.732. The van der Waals surface area contributed by atoms with E-state index in [4.69, 9.17) is 21.1 Å². The van der Waals surface area contributed by atoms with E-state index in [-0.39, 0.29) is 5.97 Å². The largest absolute Gasteiger partial charge is 0.477 e. The molecule has 0 bridgehead atoms. The molecule has 1 aromatic rings. The Morgan fingerprint density at radius 3 is 2.71 bits per heavy atom. The Balaban J connectivity index is 2.72. The normalized spacial score (nSPS) is 11.9. The summed E-state index contributed by atoms with van der Waals surface area (Å²) in [6.07, 6.45) is 1.96. The predicted octanol–water partition coefficient (Wildman–Crippen LogP) is 3.45. The van der Waals surface area contributed by atoms with E-state index in [9.17, 15) is 4.79 Å². The molecule has 1 atom stereocenters. The van der Waals surface area contributed by atoms with Crippen molar-refractivity contribution < 1.29 is 14.3 Å². The first-order valence-corrected chi connectivity index (χ1v) is 6.05. The van der Waals surface area contributed by atoms with Crippen molar-refractivity contribution in [2.75, 3.05) is 7.11 Å². The summed E-state index contributed by atoms with van der Waals surface area (Å²) < 4.78 is 10.3. The highest BCUT2D eigenvalue weighted by molar-refractivity contribution is 6.32. The summed E-state index contributed by atoms with van der Waals surface area (Å²) in [5, 5.41) is 0.498. The van der Waals surface area contributed by atoms with Crippen LogP contribution in [0, 0.1) is 0 Å². The summed E-state index contributed by atoms with van der Waals surface area (Å²) in [7, 11) is 1.36. The molecule has 0 aliphatic carbocycles. The van der Waals surface area contributed by atoms with Gasteiger partial charge in [0.15, 0.2) is 6.10 Å². The topological polar surface area (TPSA) is 35.5 Å². The van der Waals surface area contributed by atoms with Crippen LogP contribution in [-0.4, -0.2) is 19.2 Å². The van der Waals surface area contributed by atoms with Crippen LogP contribution in [0.2, 0.25) is 5.02 Å². The number of unbranched alkanes of at least 4 members (excludes halogenated alkanes) is 1. The molecule has 0 radical (unpaired) electrons. The van der Waals surface area contributed by atoms with Gasteiger partial charge < -0.3 is 9.47 Å². The minimum atomic E-state index is -0.583. The van der Waals surface area contributed by atoms with Crippen molar-refractivity contribution in [2.24, 2.45) is 0 Å². The number of ether oxygens (including phenoxy) is 2. The molecule has 0 aliphatic heterocycles. The van der Waals surface area contributed by atoms with E-state index >= 15 is 0 Å². The molecule has 0 heterocycles. The molecule has 1 aromatic carbocycles. The summed E-state index contributed by atoms with van der Waals surface area (Å²) in [6.45, 7) is 2.06. The fraction of sp³-hybridized carbons (Fsp3) is 0.462. The van der Waals surface area contributed by atoms with Gasteiger partial charge in [-0.1, -0.05) is 37.1 Å². The van der Waals surface area contributed by atoms with E-state index in [1.807, 2.05) is 12.1 Å². The van der Waals surface area contributed by atoms with Crippen LogP contribution in [0.25, 0.3) is 0 Å². The average Bonchev–Trinajstić information content (AvgIpc) is 2.35. The van der Waals surface area contributed by atoms with E-state index in [0.29, 0.717) is 17.2 Å². The molecule has 1 unspecified atom stereocenters. The van der Waals surface area contributed by atoms with Gasteiger partial charge in [0.2, 0.25) is 0 Å². The minimum absolute atomic E-state index is 0.363. The molecule has 1 rings (SSSR count). The Bertz CT molecular complexity index is 365. The molecule has 0 amide bonds. The van der Waals surface area contributed by atoms with E-state index in [1.54, 1.807) is 12.1 Å². The fourth-order valence-corrected chi connectivity index (χ4v) is 1.62. The minimum Gasteiger partial charge on any atom is -0.477 e. The molecule has 0 aromatic heterocycles. The van der Waals surface area contributed by atoms with Crippen LogP contribution < -0.4 is 4.74 Å². The Morgan fingerprint density at radius 1 is 1.41 bits per heavy atom. The predicted molar refractivity (Wildman–Crippen MR) is 67.4 cm³/mol. The number of halogens is 1. The van der Waals surface area contributed by atoms with Crippen LogP contribution in [0.15, 0.2) is 24.3 Å². The number of hydrogen-bond acceptors (Lipinski definition) is 3. The second-order valence-corrected chi connectivity index (χ2v) is 4.11. The van der Waals surface area contributed by atoms with Crippen molar-refractivity contribution in [3.63, 3.8) is 0 Å². The summed E-state index contributed by atoms with van der Waals surface area (Å²) in [5.74, 6) is 0.152. The number of methoxy groups -OCH3 is 1. The number of benzene rings is 1. The van der Waals surface area contributed by atoms with E-state index < -0.39 is 6.10 Å². The molecule has 94 valence electrons. The van der Waals surface area contributed by atoms with Gasteiger partial charge in [0.05, 0.1) is 12.1 Å². The first-order valence-electron chi connectivity index (χ1n) is 5.68. The molecular weight excluding hydrogens is 240 g/mol. The van der Waals surface area contributed by atoms with Gasteiger partial charge >= 0.3 is 5.97 Å². The van der Waals surface area contributed by atoms with E-state index in [1.165, 1.54) is 7.11 Å². The highest BCUT2D eigenvalue weighted by Gasteiger charge is 2.21. The summed E-state index contributed by atoms with van der Waals surface area (Å²) >= 11 is 5.97. The second kappa shape index (κ2) is 7.17. The van der Waals surface area contributed by atoms with Crippen LogP contribution in [0.3, 0.4) is 0 Å². The Kier molecular flexibility index (Phi) is 5.84. The Labute approximate surface area is 107 Å². The van der Waals surface area contributed by atoms with Crippen LogP contribution >= 0.6 is 11.6 Å². The smallest absolute Gasteiger partial charge is 0.347 e. The molecule has 0 N–H and O–H groups in total. The Morgan fingerprint density at radius 2 is 2.12 bits per heavy atom. The zero-order valence-corrected chi connectivity index (χ0v) is 10.9. The second-order valence-electron chi connectivity index (χ2n) is 3.70. The number of rotatable bonds is 6. The van der Waals surface area contributed by atoms with Crippen molar-refractivity contribution in [3.05, 3.63) is 29.3 Å². The molecule has 4 heteroatoms. The maximum atomic E-state index is 11.5. The standard InChI is InChI=1S/C13H17ClO3/c1-3-4-8-12(13(15)16-2)17-11-9-6-5-7-10(11)14/h5-7,9,12H,3-4,8H2,1-2H3. The van der Waals surface area contributed by atoms with Crippen LogP contribution in [0.4, 0.5) is 0 Å².